The van der Waals surface area contributed by atoms with Crippen LogP contribution in [-0.4, -0.2) is 24.5 Å². The van der Waals surface area contributed by atoms with Gasteiger partial charge in [0.2, 0.25) is 0 Å². The highest BCUT2D eigenvalue weighted by molar-refractivity contribution is 6.32. The summed E-state index contributed by atoms with van der Waals surface area (Å²) in [5.74, 6) is 0.711. The lowest BCUT2D eigenvalue weighted by atomic mass is 10.2. The normalized spacial score (nSPS) is 10.7. The molecule has 0 unspecified atom stereocenters. The molecule has 3 heterocycles. The molecule has 3 aromatic heterocycles. The third kappa shape index (κ3) is 3.58. The average molecular weight is 379 g/mol. The van der Waals surface area contributed by atoms with Crippen LogP contribution in [0.4, 0.5) is 5.69 Å². The van der Waals surface area contributed by atoms with Crippen LogP contribution in [0.5, 0.6) is 0 Å². The summed E-state index contributed by atoms with van der Waals surface area (Å²) in [7, 11) is 0. The predicted molar refractivity (Wildman–Crippen MR) is 104 cm³/mol. The van der Waals surface area contributed by atoms with E-state index in [1.807, 2.05) is 42.6 Å². The second-order valence-corrected chi connectivity index (χ2v) is 6.13. The summed E-state index contributed by atoms with van der Waals surface area (Å²) in [5, 5.41) is 11.6. The van der Waals surface area contributed by atoms with E-state index in [9.17, 15) is 4.79 Å². The molecule has 0 aliphatic heterocycles. The largest absolute Gasteiger partial charge is 0.378 e. The molecule has 1 aromatic carbocycles. The van der Waals surface area contributed by atoms with Gasteiger partial charge in [-0.15, -0.1) is 0 Å². The Balaban J connectivity index is 1.55. The highest BCUT2D eigenvalue weighted by atomic mass is 35.5. The van der Waals surface area contributed by atoms with Crippen LogP contribution in [-0.2, 0) is 6.54 Å². The summed E-state index contributed by atoms with van der Waals surface area (Å²) < 4.78 is 2.95. The number of nitrogens with zero attached hydrogens (tertiary/aromatic N) is 5. The summed E-state index contributed by atoms with van der Waals surface area (Å²) in [6.07, 6.45) is 6.77. The highest BCUT2D eigenvalue weighted by Crippen LogP contribution is 2.18. The third-order valence-corrected chi connectivity index (χ3v) is 4.32. The third-order valence-electron chi connectivity index (χ3n) is 3.95. The van der Waals surface area contributed by atoms with Gasteiger partial charge in [0, 0.05) is 25.1 Å². The Bertz CT molecular complexity index is 1110. The molecule has 0 amide bonds. The van der Waals surface area contributed by atoms with E-state index in [-0.39, 0.29) is 10.6 Å². The van der Waals surface area contributed by atoms with Gasteiger partial charge in [0.05, 0.1) is 17.6 Å². The number of pyridine rings is 1. The Morgan fingerprint density at radius 3 is 2.67 bits per heavy atom. The fourth-order valence-electron chi connectivity index (χ4n) is 2.61. The zero-order valence-electron chi connectivity index (χ0n) is 14.2. The Hall–Kier alpha value is -3.45. The molecule has 0 radical (unpaired) electrons. The summed E-state index contributed by atoms with van der Waals surface area (Å²) >= 11 is 6.26. The van der Waals surface area contributed by atoms with E-state index in [0.29, 0.717) is 23.7 Å². The molecule has 27 heavy (non-hydrogen) atoms. The molecule has 0 saturated carbocycles. The molecule has 0 spiro atoms. The van der Waals surface area contributed by atoms with E-state index in [0.717, 1.165) is 5.56 Å². The van der Waals surface area contributed by atoms with E-state index in [4.69, 9.17) is 11.6 Å². The second-order valence-electron chi connectivity index (χ2n) is 5.75. The number of halogens is 1. The molecule has 8 heteroatoms. The Morgan fingerprint density at radius 1 is 1.04 bits per heavy atom. The Kier molecular flexibility index (Phi) is 4.67. The maximum Gasteiger partial charge on any atom is 0.292 e. The van der Waals surface area contributed by atoms with Gasteiger partial charge in [0.15, 0.2) is 5.82 Å². The van der Waals surface area contributed by atoms with Crippen molar-refractivity contribution in [1.29, 1.82) is 0 Å². The quantitative estimate of drug-likeness (QED) is 0.577. The van der Waals surface area contributed by atoms with Gasteiger partial charge in [-0.3, -0.25) is 4.79 Å². The molecule has 0 bridgehead atoms. The molecule has 0 aliphatic carbocycles. The van der Waals surface area contributed by atoms with Crippen LogP contribution in [0.15, 0.2) is 78.1 Å². The van der Waals surface area contributed by atoms with Crippen molar-refractivity contribution in [1.82, 2.24) is 24.5 Å². The van der Waals surface area contributed by atoms with E-state index in [1.165, 1.54) is 4.68 Å². The van der Waals surface area contributed by atoms with E-state index < -0.39 is 0 Å². The van der Waals surface area contributed by atoms with Crippen molar-refractivity contribution in [3.8, 4) is 11.5 Å². The first-order chi connectivity index (χ1) is 13.2. The molecule has 0 fully saturated rings. The lowest BCUT2D eigenvalue weighted by molar-refractivity contribution is 0.807. The van der Waals surface area contributed by atoms with Crippen molar-refractivity contribution in [3.05, 3.63) is 94.3 Å². The van der Waals surface area contributed by atoms with Crippen molar-refractivity contribution < 1.29 is 0 Å². The van der Waals surface area contributed by atoms with Crippen molar-refractivity contribution in [2.24, 2.45) is 0 Å². The lowest BCUT2D eigenvalue weighted by Gasteiger charge is -2.11. The summed E-state index contributed by atoms with van der Waals surface area (Å²) in [6.45, 7) is 0.465. The van der Waals surface area contributed by atoms with E-state index in [2.05, 4.69) is 20.5 Å². The molecule has 4 aromatic rings. The van der Waals surface area contributed by atoms with Crippen molar-refractivity contribution in [3.63, 3.8) is 0 Å². The van der Waals surface area contributed by atoms with Crippen molar-refractivity contribution >= 4 is 17.3 Å². The molecule has 7 nitrogen and oxygen atoms in total. The number of para-hydroxylation sites is 1. The molecule has 1 N–H and O–H groups in total. The number of aromatic nitrogens is 5. The number of rotatable bonds is 5. The molecular formula is C19H15ClN6O. The first kappa shape index (κ1) is 17.0. The fraction of sp³-hybridized carbons (Fsp3) is 0.0526. The van der Waals surface area contributed by atoms with Gasteiger partial charge in [-0.05, 0) is 35.9 Å². The summed E-state index contributed by atoms with van der Waals surface area (Å²) in [5.41, 5.74) is 1.74. The molecule has 0 atom stereocenters. The lowest BCUT2D eigenvalue weighted by Crippen LogP contribution is -2.22. The number of benzene rings is 1. The zero-order chi connectivity index (χ0) is 18.6. The van der Waals surface area contributed by atoms with Crippen LogP contribution >= 0.6 is 11.6 Å². The molecule has 0 aliphatic rings. The smallest absolute Gasteiger partial charge is 0.292 e. The predicted octanol–water partition coefficient (Wildman–Crippen LogP) is 3.08. The van der Waals surface area contributed by atoms with Gasteiger partial charge >= 0.3 is 0 Å². The van der Waals surface area contributed by atoms with Crippen molar-refractivity contribution in [2.45, 2.75) is 6.54 Å². The number of hydrogen-bond donors (Lipinski definition) is 1. The Morgan fingerprint density at radius 2 is 1.89 bits per heavy atom. The number of nitrogens with one attached hydrogen (secondary N) is 1. The van der Waals surface area contributed by atoms with Gasteiger partial charge in [-0.1, -0.05) is 29.8 Å². The monoisotopic (exact) mass is 378 g/mol. The van der Waals surface area contributed by atoms with E-state index in [1.54, 1.807) is 35.4 Å². The van der Waals surface area contributed by atoms with Gasteiger partial charge < -0.3 is 5.32 Å². The van der Waals surface area contributed by atoms with Gasteiger partial charge in [-0.2, -0.15) is 14.9 Å². The van der Waals surface area contributed by atoms with Gasteiger partial charge in [0.25, 0.3) is 5.56 Å². The van der Waals surface area contributed by atoms with E-state index >= 15 is 0 Å². The van der Waals surface area contributed by atoms with Gasteiger partial charge in [-0.25, -0.2) is 9.67 Å². The summed E-state index contributed by atoms with van der Waals surface area (Å²) in [6, 6.07) is 14.8. The van der Waals surface area contributed by atoms with Crippen LogP contribution in [0, 0.1) is 0 Å². The fourth-order valence-corrected chi connectivity index (χ4v) is 2.80. The first-order valence-corrected chi connectivity index (χ1v) is 8.62. The SMILES string of the molecule is O=c1c(Cl)c(NCc2ccnc(-n3cccn3)c2)cnn1-c1ccccc1. The number of hydrogen-bond acceptors (Lipinski definition) is 5. The second kappa shape index (κ2) is 7.43. The zero-order valence-corrected chi connectivity index (χ0v) is 14.9. The average Bonchev–Trinajstić information content (AvgIpc) is 3.25. The van der Waals surface area contributed by atoms with Crippen LogP contribution in [0.1, 0.15) is 5.56 Å². The van der Waals surface area contributed by atoms with Crippen LogP contribution < -0.4 is 10.9 Å². The minimum Gasteiger partial charge on any atom is -0.378 e. The molecule has 4 rings (SSSR count). The van der Waals surface area contributed by atoms with Crippen LogP contribution in [0.3, 0.4) is 0 Å². The maximum absolute atomic E-state index is 12.5. The Labute approximate surface area is 159 Å². The van der Waals surface area contributed by atoms with Crippen molar-refractivity contribution in [2.75, 3.05) is 5.32 Å². The maximum atomic E-state index is 12.5. The van der Waals surface area contributed by atoms with Gasteiger partial charge in [0.1, 0.15) is 5.02 Å². The first-order valence-electron chi connectivity index (χ1n) is 8.24. The summed E-state index contributed by atoms with van der Waals surface area (Å²) in [4.78, 5) is 16.8. The molecule has 0 saturated heterocycles. The van der Waals surface area contributed by atoms with Crippen LogP contribution in [0.2, 0.25) is 5.02 Å². The highest BCUT2D eigenvalue weighted by Gasteiger charge is 2.10. The van der Waals surface area contributed by atoms with Crippen LogP contribution in [0.25, 0.3) is 11.5 Å². The minimum absolute atomic E-state index is 0.0928. The standard InChI is InChI=1S/C19H15ClN6O/c20-18-16(13-24-26(19(18)27)15-5-2-1-3-6-15)22-12-14-7-9-21-17(11-14)25-10-4-8-23-25/h1-11,13,22H,12H2. The molecule has 134 valence electrons. The minimum atomic E-state index is -0.375. The molecular weight excluding hydrogens is 364 g/mol. The topological polar surface area (TPSA) is 77.6 Å². The number of anilines is 1.